The number of carbonyl (C=O) groups is 2. The minimum absolute atomic E-state index is 0.278. The third-order valence-corrected chi connectivity index (χ3v) is 2.30. The van der Waals surface area contributed by atoms with Crippen LogP contribution >= 0.6 is 0 Å². The minimum Gasteiger partial charge on any atom is -0.480 e. The maximum Gasteiger partial charge on any atom is 0.317 e. The predicted octanol–water partition coefficient (Wildman–Crippen LogP) is -0.337. The van der Waals surface area contributed by atoms with E-state index in [2.05, 4.69) is 4.98 Å². The number of hydrogen-bond acceptors (Lipinski definition) is 4. The van der Waals surface area contributed by atoms with Crippen LogP contribution in [0.1, 0.15) is 5.82 Å². The zero-order valence-electron chi connectivity index (χ0n) is 9.54. The van der Waals surface area contributed by atoms with Crippen molar-refractivity contribution in [2.45, 2.75) is 13.5 Å². The van der Waals surface area contributed by atoms with E-state index >= 15 is 0 Å². The molecule has 0 atom stereocenters. The van der Waals surface area contributed by atoms with Crippen LogP contribution in [0, 0.1) is 6.92 Å². The first-order valence-corrected chi connectivity index (χ1v) is 5.12. The predicted molar refractivity (Wildman–Crippen MR) is 58.7 cm³/mol. The Morgan fingerprint density at radius 2 is 1.94 bits per heavy atom. The standard InChI is InChI=1S/C10H15N3O4/c1-8-11-2-3-13(8)5-4-12(6-9(14)15)7-10(16)17/h2-3H,4-7H2,1H3,(H,14,15)(H,16,17). The Hall–Kier alpha value is -1.89. The Labute approximate surface area is 98.3 Å². The van der Waals surface area contributed by atoms with E-state index in [0.717, 1.165) is 5.82 Å². The summed E-state index contributed by atoms with van der Waals surface area (Å²) in [4.78, 5) is 26.5. The van der Waals surface area contributed by atoms with Gasteiger partial charge in [-0.25, -0.2) is 4.98 Å². The quantitative estimate of drug-likeness (QED) is 0.678. The molecule has 1 aromatic rings. The lowest BCUT2D eigenvalue weighted by Crippen LogP contribution is -2.36. The SMILES string of the molecule is Cc1nccn1CCN(CC(=O)O)CC(=O)O. The maximum atomic E-state index is 10.6. The van der Waals surface area contributed by atoms with E-state index in [9.17, 15) is 9.59 Å². The van der Waals surface area contributed by atoms with Crippen molar-refractivity contribution < 1.29 is 19.8 Å². The van der Waals surface area contributed by atoms with Gasteiger partial charge in [-0.1, -0.05) is 0 Å². The summed E-state index contributed by atoms with van der Waals surface area (Å²) in [5.74, 6) is -1.25. The monoisotopic (exact) mass is 241 g/mol. The number of aliphatic carboxylic acids is 2. The zero-order valence-corrected chi connectivity index (χ0v) is 9.54. The molecule has 1 heterocycles. The Bertz CT molecular complexity index is 386. The largest absolute Gasteiger partial charge is 0.480 e. The van der Waals surface area contributed by atoms with Crippen LogP contribution in [0.3, 0.4) is 0 Å². The van der Waals surface area contributed by atoms with Crippen LogP contribution in [0.15, 0.2) is 12.4 Å². The number of carboxylic acids is 2. The molecule has 17 heavy (non-hydrogen) atoms. The Balaban J connectivity index is 2.51. The van der Waals surface area contributed by atoms with Crippen LogP contribution in [0.4, 0.5) is 0 Å². The molecule has 1 rings (SSSR count). The lowest BCUT2D eigenvalue weighted by atomic mass is 10.4. The van der Waals surface area contributed by atoms with Crippen molar-refractivity contribution in [3.05, 3.63) is 18.2 Å². The molecule has 7 heteroatoms. The van der Waals surface area contributed by atoms with Crippen molar-refractivity contribution in [2.24, 2.45) is 0 Å². The molecular formula is C10H15N3O4. The van der Waals surface area contributed by atoms with Crippen molar-refractivity contribution >= 4 is 11.9 Å². The highest BCUT2D eigenvalue weighted by atomic mass is 16.4. The molecule has 0 aromatic carbocycles. The van der Waals surface area contributed by atoms with Gasteiger partial charge in [0, 0.05) is 25.5 Å². The van der Waals surface area contributed by atoms with Crippen molar-refractivity contribution in [1.29, 1.82) is 0 Å². The first-order chi connectivity index (χ1) is 7.99. The van der Waals surface area contributed by atoms with E-state index in [1.807, 2.05) is 11.5 Å². The topological polar surface area (TPSA) is 95.7 Å². The van der Waals surface area contributed by atoms with Gasteiger partial charge >= 0.3 is 11.9 Å². The molecule has 7 nitrogen and oxygen atoms in total. The van der Waals surface area contributed by atoms with Crippen LogP contribution in [-0.2, 0) is 16.1 Å². The molecule has 0 bridgehead atoms. The number of carboxylic acid groups (broad SMARTS) is 2. The number of nitrogens with zero attached hydrogens (tertiary/aromatic N) is 3. The fourth-order valence-corrected chi connectivity index (χ4v) is 1.49. The van der Waals surface area contributed by atoms with E-state index < -0.39 is 11.9 Å². The Kier molecular flexibility index (Phi) is 4.65. The molecule has 2 N–H and O–H groups in total. The molecule has 1 aromatic heterocycles. The van der Waals surface area contributed by atoms with E-state index in [-0.39, 0.29) is 13.1 Å². The molecule has 0 spiro atoms. The van der Waals surface area contributed by atoms with Crippen LogP contribution in [-0.4, -0.2) is 56.2 Å². The average Bonchev–Trinajstić information content (AvgIpc) is 2.59. The number of hydrogen-bond donors (Lipinski definition) is 2. The van der Waals surface area contributed by atoms with Gasteiger partial charge in [0.25, 0.3) is 0 Å². The van der Waals surface area contributed by atoms with Gasteiger partial charge in [0.15, 0.2) is 0 Å². The van der Waals surface area contributed by atoms with Crippen molar-refractivity contribution in [2.75, 3.05) is 19.6 Å². The summed E-state index contributed by atoms with van der Waals surface area (Å²) in [5.41, 5.74) is 0. The molecule has 0 radical (unpaired) electrons. The summed E-state index contributed by atoms with van der Waals surface area (Å²) in [5, 5.41) is 17.3. The second-order valence-electron chi connectivity index (χ2n) is 3.67. The highest BCUT2D eigenvalue weighted by Gasteiger charge is 2.13. The zero-order chi connectivity index (χ0) is 12.8. The van der Waals surface area contributed by atoms with Gasteiger partial charge in [0.05, 0.1) is 13.1 Å². The molecule has 0 aliphatic rings. The Morgan fingerprint density at radius 1 is 1.35 bits per heavy atom. The number of aryl methyl sites for hydroxylation is 1. The second kappa shape index (κ2) is 6.00. The van der Waals surface area contributed by atoms with Gasteiger partial charge in [0.1, 0.15) is 5.82 Å². The number of imidazole rings is 1. The molecule has 0 saturated carbocycles. The fourth-order valence-electron chi connectivity index (χ4n) is 1.49. The van der Waals surface area contributed by atoms with Crippen LogP contribution < -0.4 is 0 Å². The maximum absolute atomic E-state index is 10.6. The third kappa shape index (κ3) is 4.64. The van der Waals surface area contributed by atoms with Gasteiger partial charge < -0.3 is 14.8 Å². The molecule has 0 aliphatic heterocycles. The van der Waals surface area contributed by atoms with Crippen LogP contribution in [0.2, 0.25) is 0 Å². The van der Waals surface area contributed by atoms with Gasteiger partial charge in [-0.2, -0.15) is 0 Å². The van der Waals surface area contributed by atoms with Gasteiger partial charge in [0.2, 0.25) is 0 Å². The summed E-state index contributed by atoms with van der Waals surface area (Å²) in [6.07, 6.45) is 3.42. The molecule has 0 aliphatic carbocycles. The highest BCUT2D eigenvalue weighted by molar-refractivity contribution is 5.72. The van der Waals surface area contributed by atoms with Gasteiger partial charge in [-0.15, -0.1) is 0 Å². The van der Waals surface area contributed by atoms with Crippen LogP contribution in [0.25, 0.3) is 0 Å². The number of aromatic nitrogens is 2. The molecule has 0 fully saturated rings. The van der Waals surface area contributed by atoms with Gasteiger partial charge in [-0.3, -0.25) is 14.5 Å². The minimum atomic E-state index is -1.03. The van der Waals surface area contributed by atoms with E-state index in [1.165, 1.54) is 4.90 Å². The summed E-state index contributed by atoms with van der Waals surface area (Å²) >= 11 is 0. The van der Waals surface area contributed by atoms with E-state index in [4.69, 9.17) is 10.2 Å². The lowest BCUT2D eigenvalue weighted by Gasteiger charge is -2.18. The molecular weight excluding hydrogens is 226 g/mol. The van der Waals surface area contributed by atoms with Gasteiger partial charge in [-0.05, 0) is 6.92 Å². The molecule has 94 valence electrons. The first-order valence-electron chi connectivity index (χ1n) is 5.12. The van der Waals surface area contributed by atoms with Crippen molar-refractivity contribution in [3.8, 4) is 0 Å². The second-order valence-corrected chi connectivity index (χ2v) is 3.67. The third-order valence-electron chi connectivity index (χ3n) is 2.30. The smallest absolute Gasteiger partial charge is 0.317 e. The van der Waals surface area contributed by atoms with Crippen LogP contribution in [0.5, 0.6) is 0 Å². The van der Waals surface area contributed by atoms with Crippen molar-refractivity contribution in [3.63, 3.8) is 0 Å². The summed E-state index contributed by atoms with van der Waals surface area (Å²) in [7, 11) is 0. The fraction of sp³-hybridized carbons (Fsp3) is 0.500. The molecule has 0 unspecified atom stereocenters. The summed E-state index contributed by atoms with van der Waals surface area (Å²) < 4.78 is 1.84. The normalized spacial score (nSPS) is 10.7. The Morgan fingerprint density at radius 3 is 2.35 bits per heavy atom. The number of rotatable bonds is 7. The lowest BCUT2D eigenvalue weighted by molar-refractivity contribution is -0.141. The molecule has 0 amide bonds. The highest BCUT2D eigenvalue weighted by Crippen LogP contribution is 1.97. The van der Waals surface area contributed by atoms with E-state index in [1.54, 1.807) is 12.4 Å². The summed E-state index contributed by atoms with van der Waals surface area (Å²) in [6, 6.07) is 0. The molecule has 0 saturated heterocycles. The van der Waals surface area contributed by atoms with Crippen molar-refractivity contribution in [1.82, 2.24) is 14.5 Å². The summed E-state index contributed by atoms with van der Waals surface area (Å²) in [6.45, 7) is 2.15. The van der Waals surface area contributed by atoms with E-state index in [0.29, 0.717) is 13.1 Å². The average molecular weight is 241 g/mol. The first kappa shape index (κ1) is 13.2.